The van der Waals surface area contributed by atoms with Crippen LogP contribution in [0.25, 0.3) is 0 Å². The zero-order chi connectivity index (χ0) is 11.5. The fourth-order valence-electron chi connectivity index (χ4n) is 0.983. The number of halogens is 3. The van der Waals surface area contributed by atoms with Crippen LogP contribution in [0.15, 0.2) is 24.3 Å². The normalized spacial score (nSPS) is 13.9. The molecule has 0 saturated carbocycles. The highest BCUT2D eigenvalue weighted by atomic mass is 31.1. The van der Waals surface area contributed by atoms with Crippen LogP contribution in [0.5, 0.6) is 0 Å². The van der Waals surface area contributed by atoms with Gasteiger partial charge in [-0.3, -0.25) is 4.57 Å². The molecule has 0 radical (unpaired) electrons. The minimum absolute atomic E-state index is 0.206. The predicted molar refractivity (Wildman–Crippen MR) is 47.5 cm³/mol. The summed E-state index contributed by atoms with van der Waals surface area (Å²) in [5.41, 5.74) is -0.599. The van der Waals surface area contributed by atoms with E-state index in [0.717, 1.165) is 12.1 Å². The molecule has 1 atom stereocenters. The Hall–Kier alpha value is -0.840. The first-order chi connectivity index (χ1) is 6.89. The highest BCUT2D eigenvalue weighted by molar-refractivity contribution is 7.32. The summed E-state index contributed by atoms with van der Waals surface area (Å²) >= 11 is 0. The molecule has 0 aliphatic carbocycles. The molecule has 0 aliphatic heterocycles. The van der Waals surface area contributed by atoms with Gasteiger partial charge in [-0.1, -0.05) is 12.1 Å². The second-order valence-corrected chi connectivity index (χ2v) is 3.57. The van der Waals surface area contributed by atoms with Gasteiger partial charge in [-0.15, -0.1) is 0 Å². The lowest BCUT2D eigenvalue weighted by Gasteiger charge is -2.08. The van der Waals surface area contributed by atoms with Crippen LogP contribution in [-0.4, -0.2) is 4.89 Å². The minimum Gasteiger partial charge on any atom is -0.326 e. The van der Waals surface area contributed by atoms with E-state index >= 15 is 0 Å². The summed E-state index contributed by atoms with van der Waals surface area (Å²) in [5, 5.41) is 0. The third-order valence-corrected chi connectivity index (χ3v) is 2.01. The van der Waals surface area contributed by atoms with Gasteiger partial charge in [0.15, 0.2) is 0 Å². The molecule has 1 aromatic carbocycles. The number of alkyl halides is 3. The molecule has 0 heterocycles. The molecule has 0 fully saturated rings. The topological polar surface area (TPSA) is 46.5 Å². The first kappa shape index (κ1) is 12.2. The molecule has 0 saturated heterocycles. The van der Waals surface area contributed by atoms with Gasteiger partial charge >= 0.3 is 14.4 Å². The van der Waals surface area contributed by atoms with E-state index in [-0.39, 0.29) is 12.2 Å². The molecular weight excluding hydrogens is 232 g/mol. The van der Waals surface area contributed by atoms with Crippen LogP contribution in [0.2, 0.25) is 0 Å². The Kier molecular flexibility index (Phi) is 3.90. The van der Waals surface area contributed by atoms with Crippen LogP contribution in [0.4, 0.5) is 13.2 Å². The molecule has 0 aromatic heterocycles. The van der Waals surface area contributed by atoms with Crippen LogP contribution in [-0.2, 0) is 21.9 Å². The number of rotatable bonds is 3. The average molecular weight is 240 g/mol. The van der Waals surface area contributed by atoms with Crippen molar-refractivity contribution in [1.82, 2.24) is 0 Å². The maximum Gasteiger partial charge on any atom is 0.416 e. The van der Waals surface area contributed by atoms with Crippen molar-refractivity contribution >= 4 is 8.25 Å². The molecule has 7 heteroatoms. The summed E-state index contributed by atoms with van der Waals surface area (Å²) in [7, 11) is -3.11. The van der Waals surface area contributed by atoms with Crippen molar-refractivity contribution in [2.24, 2.45) is 0 Å². The molecule has 0 spiro atoms. The second kappa shape index (κ2) is 4.79. The summed E-state index contributed by atoms with van der Waals surface area (Å²) in [5.74, 6) is 0. The molecule has 1 unspecified atom stereocenters. The van der Waals surface area contributed by atoms with Gasteiger partial charge in [0.2, 0.25) is 0 Å². The highest BCUT2D eigenvalue weighted by Crippen LogP contribution is 2.30. The Morgan fingerprint density at radius 1 is 1.40 bits per heavy atom. The molecule has 3 nitrogen and oxygen atoms in total. The van der Waals surface area contributed by atoms with Crippen molar-refractivity contribution in [2.45, 2.75) is 12.8 Å². The summed E-state index contributed by atoms with van der Waals surface area (Å²) in [4.78, 5) is 8.34. The zero-order valence-electron chi connectivity index (χ0n) is 7.41. The van der Waals surface area contributed by atoms with Gasteiger partial charge in [0.1, 0.15) is 0 Å². The quantitative estimate of drug-likeness (QED) is 0.826. The lowest BCUT2D eigenvalue weighted by molar-refractivity contribution is -0.137. The summed E-state index contributed by atoms with van der Waals surface area (Å²) < 4.78 is 51.2. The van der Waals surface area contributed by atoms with Crippen molar-refractivity contribution in [3.8, 4) is 0 Å². The molecule has 1 rings (SSSR count). The monoisotopic (exact) mass is 240 g/mol. The van der Waals surface area contributed by atoms with Crippen molar-refractivity contribution in [2.75, 3.05) is 0 Å². The van der Waals surface area contributed by atoms with Gasteiger partial charge in [0.25, 0.3) is 0 Å². The molecule has 15 heavy (non-hydrogen) atoms. The van der Waals surface area contributed by atoms with Crippen LogP contribution >= 0.6 is 8.25 Å². The largest absolute Gasteiger partial charge is 0.416 e. The Morgan fingerprint density at radius 3 is 2.60 bits per heavy atom. The predicted octanol–water partition coefficient (Wildman–Crippen LogP) is 2.60. The first-order valence-electron chi connectivity index (χ1n) is 3.91. The van der Waals surface area contributed by atoms with Crippen molar-refractivity contribution in [3.05, 3.63) is 35.4 Å². The van der Waals surface area contributed by atoms with Crippen LogP contribution in [0.1, 0.15) is 11.1 Å². The molecule has 0 aliphatic rings. The van der Waals surface area contributed by atoms with Crippen LogP contribution < -0.4 is 0 Å². The Balaban J connectivity index is 2.79. The maximum absolute atomic E-state index is 12.2. The van der Waals surface area contributed by atoms with E-state index < -0.39 is 20.0 Å². The first-order valence-corrected chi connectivity index (χ1v) is 5.18. The minimum atomic E-state index is -4.42. The van der Waals surface area contributed by atoms with E-state index in [4.69, 9.17) is 4.89 Å². The van der Waals surface area contributed by atoms with E-state index in [1.165, 1.54) is 12.1 Å². The SMILES string of the molecule is O=[PH](O)OCc1cccc(C(F)(F)F)c1. The van der Waals surface area contributed by atoms with Gasteiger partial charge in [-0.25, -0.2) is 0 Å². The van der Waals surface area contributed by atoms with Crippen LogP contribution in [0.3, 0.4) is 0 Å². The lowest BCUT2D eigenvalue weighted by atomic mass is 10.1. The third kappa shape index (κ3) is 4.03. The maximum atomic E-state index is 12.2. The fraction of sp³-hybridized carbons (Fsp3) is 0.250. The second-order valence-electron chi connectivity index (χ2n) is 2.75. The lowest BCUT2D eigenvalue weighted by Crippen LogP contribution is -2.05. The van der Waals surface area contributed by atoms with E-state index in [1.807, 2.05) is 0 Å². The zero-order valence-corrected chi connectivity index (χ0v) is 8.41. The standard InChI is InChI=1S/C8H8F3O3P/c9-8(10,11)7-3-1-2-6(4-7)5-14-15(12)13/h1-4,15H,5H2,(H,12,13). The van der Waals surface area contributed by atoms with E-state index in [9.17, 15) is 17.7 Å². The number of benzene rings is 1. The number of hydrogen-bond donors (Lipinski definition) is 1. The Bertz CT molecular complexity index is 364. The average Bonchev–Trinajstić information content (AvgIpc) is 2.14. The van der Waals surface area contributed by atoms with E-state index in [2.05, 4.69) is 4.52 Å². The van der Waals surface area contributed by atoms with Crippen LogP contribution in [0, 0.1) is 0 Å². The van der Waals surface area contributed by atoms with Crippen molar-refractivity contribution < 1.29 is 27.2 Å². The number of hydrogen-bond acceptors (Lipinski definition) is 2. The van der Waals surface area contributed by atoms with Gasteiger partial charge in [0.05, 0.1) is 12.2 Å². The van der Waals surface area contributed by atoms with Crippen molar-refractivity contribution in [1.29, 1.82) is 0 Å². The highest BCUT2D eigenvalue weighted by Gasteiger charge is 2.30. The summed E-state index contributed by atoms with van der Waals surface area (Å²) in [6.45, 7) is -0.307. The smallest absolute Gasteiger partial charge is 0.326 e. The van der Waals surface area contributed by atoms with E-state index in [0.29, 0.717) is 0 Å². The van der Waals surface area contributed by atoms with Crippen molar-refractivity contribution in [3.63, 3.8) is 0 Å². The van der Waals surface area contributed by atoms with Gasteiger partial charge in [0, 0.05) is 0 Å². The van der Waals surface area contributed by atoms with Gasteiger partial charge in [-0.2, -0.15) is 13.2 Å². The summed E-state index contributed by atoms with van der Waals surface area (Å²) in [6, 6.07) is 4.41. The third-order valence-electron chi connectivity index (χ3n) is 1.62. The van der Waals surface area contributed by atoms with E-state index in [1.54, 1.807) is 0 Å². The molecular formula is C8H8F3O3P. The molecule has 1 aromatic rings. The van der Waals surface area contributed by atoms with Gasteiger partial charge in [-0.05, 0) is 17.7 Å². The Morgan fingerprint density at radius 2 is 2.07 bits per heavy atom. The fourth-order valence-corrected chi connectivity index (χ4v) is 1.27. The Labute approximate surface area is 84.4 Å². The molecule has 1 N–H and O–H groups in total. The molecule has 0 bridgehead atoms. The molecule has 84 valence electrons. The summed E-state index contributed by atoms with van der Waals surface area (Å²) in [6.07, 6.45) is -4.42. The van der Waals surface area contributed by atoms with Gasteiger partial charge < -0.3 is 9.42 Å². The molecule has 0 amide bonds.